The molecule has 3 heteroatoms. The van der Waals surface area contributed by atoms with E-state index in [2.05, 4.69) is 10.9 Å². The highest BCUT2D eigenvalue weighted by Crippen LogP contribution is 1.70. The number of hydrogen-bond donors (Lipinski definition) is 3. The summed E-state index contributed by atoms with van der Waals surface area (Å²) in [5.74, 6) is 0. The smallest absolute Gasteiger partial charge is 0.0650 e. The topological polar surface area (TPSA) is 44.3 Å². The molecule has 8 heavy (non-hydrogen) atoms. The van der Waals surface area contributed by atoms with Gasteiger partial charge in [0.25, 0.3) is 0 Å². The SMILES string of the molecule is CCNNCC(C)O. The summed E-state index contributed by atoms with van der Waals surface area (Å²) in [7, 11) is 0. The van der Waals surface area contributed by atoms with Gasteiger partial charge in [-0.05, 0) is 6.92 Å². The van der Waals surface area contributed by atoms with Gasteiger partial charge in [-0.2, -0.15) is 0 Å². The molecule has 1 unspecified atom stereocenters. The minimum absolute atomic E-state index is 0.269. The van der Waals surface area contributed by atoms with Crippen molar-refractivity contribution in [2.45, 2.75) is 20.0 Å². The van der Waals surface area contributed by atoms with E-state index in [1.807, 2.05) is 6.92 Å². The molecule has 0 spiro atoms. The predicted molar refractivity (Wildman–Crippen MR) is 33.4 cm³/mol. The monoisotopic (exact) mass is 118 g/mol. The first kappa shape index (κ1) is 7.88. The zero-order valence-electron chi connectivity index (χ0n) is 5.44. The van der Waals surface area contributed by atoms with E-state index in [9.17, 15) is 0 Å². The Morgan fingerprint density at radius 3 is 2.50 bits per heavy atom. The summed E-state index contributed by atoms with van der Waals surface area (Å²) in [6.45, 7) is 5.22. The number of aliphatic hydroxyl groups is 1. The van der Waals surface area contributed by atoms with E-state index in [0.717, 1.165) is 6.54 Å². The van der Waals surface area contributed by atoms with Crippen LogP contribution in [0.15, 0.2) is 0 Å². The van der Waals surface area contributed by atoms with Gasteiger partial charge in [0.2, 0.25) is 0 Å². The van der Waals surface area contributed by atoms with Crippen LogP contribution in [0.25, 0.3) is 0 Å². The first-order valence-corrected chi connectivity index (χ1v) is 2.91. The van der Waals surface area contributed by atoms with E-state index in [4.69, 9.17) is 5.11 Å². The molecule has 0 amide bonds. The lowest BCUT2D eigenvalue weighted by Gasteiger charge is -2.05. The van der Waals surface area contributed by atoms with Crippen LogP contribution in [-0.2, 0) is 0 Å². The van der Waals surface area contributed by atoms with Crippen LogP contribution in [0.2, 0.25) is 0 Å². The van der Waals surface area contributed by atoms with Gasteiger partial charge in [0.15, 0.2) is 0 Å². The van der Waals surface area contributed by atoms with Crippen molar-refractivity contribution in [2.24, 2.45) is 0 Å². The Hall–Kier alpha value is -0.120. The van der Waals surface area contributed by atoms with Gasteiger partial charge < -0.3 is 5.11 Å². The van der Waals surface area contributed by atoms with E-state index in [-0.39, 0.29) is 6.10 Å². The summed E-state index contributed by atoms with van der Waals surface area (Å²) < 4.78 is 0. The highest BCUT2D eigenvalue weighted by molar-refractivity contribution is 4.46. The molecule has 0 aromatic carbocycles. The summed E-state index contributed by atoms with van der Waals surface area (Å²) >= 11 is 0. The van der Waals surface area contributed by atoms with Gasteiger partial charge in [0, 0.05) is 13.1 Å². The standard InChI is InChI=1S/C5H14N2O/c1-3-6-7-4-5(2)8/h5-8H,3-4H2,1-2H3. The molecule has 0 aliphatic rings. The minimum Gasteiger partial charge on any atom is -0.392 e. The van der Waals surface area contributed by atoms with E-state index in [1.54, 1.807) is 6.92 Å². The first-order chi connectivity index (χ1) is 3.77. The third-order valence-corrected chi connectivity index (χ3v) is 0.699. The normalized spacial score (nSPS) is 13.9. The van der Waals surface area contributed by atoms with Crippen LogP contribution in [0.3, 0.4) is 0 Å². The molecule has 0 fully saturated rings. The molecule has 0 saturated heterocycles. The molecule has 0 heterocycles. The summed E-state index contributed by atoms with van der Waals surface area (Å²) in [6.07, 6.45) is -0.269. The second-order valence-electron chi connectivity index (χ2n) is 1.76. The van der Waals surface area contributed by atoms with Crippen molar-refractivity contribution in [2.75, 3.05) is 13.1 Å². The molecule has 3 N–H and O–H groups in total. The number of hydrogen-bond acceptors (Lipinski definition) is 3. The third kappa shape index (κ3) is 5.88. The van der Waals surface area contributed by atoms with Crippen LogP contribution in [0.5, 0.6) is 0 Å². The maximum Gasteiger partial charge on any atom is 0.0650 e. The van der Waals surface area contributed by atoms with Crippen molar-refractivity contribution < 1.29 is 5.11 Å². The van der Waals surface area contributed by atoms with Crippen LogP contribution in [0.4, 0.5) is 0 Å². The van der Waals surface area contributed by atoms with Crippen LogP contribution in [0.1, 0.15) is 13.8 Å². The highest BCUT2D eigenvalue weighted by Gasteiger charge is 1.89. The number of aliphatic hydroxyl groups excluding tert-OH is 1. The fourth-order valence-electron chi connectivity index (χ4n) is 0.345. The number of nitrogens with one attached hydrogen (secondary N) is 2. The molecule has 0 aromatic heterocycles. The van der Waals surface area contributed by atoms with Crippen LogP contribution >= 0.6 is 0 Å². The van der Waals surface area contributed by atoms with Crippen LogP contribution in [-0.4, -0.2) is 24.3 Å². The molecule has 0 bridgehead atoms. The zero-order valence-corrected chi connectivity index (χ0v) is 5.44. The van der Waals surface area contributed by atoms with Gasteiger partial charge in [-0.1, -0.05) is 6.92 Å². The fourth-order valence-corrected chi connectivity index (χ4v) is 0.345. The second kappa shape index (κ2) is 5.03. The Bertz CT molecular complexity index is 47.7. The molecule has 0 aliphatic carbocycles. The molecular formula is C5H14N2O. The maximum atomic E-state index is 8.68. The molecular weight excluding hydrogens is 104 g/mol. The van der Waals surface area contributed by atoms with Gasteiger partial charge in [0.1, 0.15) is 0 Å². The Morgan fingerprint density at radius 1 is 1.50 bits per heavy atom. The highest BCUT2D eigenvalue weighted by atomic mass is 16.3. The summed E-state index contributed by atoms with van der Waals surface area (Å²) in [6, 6.07) is 0. The summed E-state index contributed by atoms with van der Waals surface area (Å²) in [5.41, 5.74) is 5.70. The lowest BCUT2D eigenvalue weighted by Crippen LogP contribution is -2.36. The molecule has 0 rings (SSSR count). The van der Waals surface area contributed by atoms with Crippen LogP contribution in [0, 0.1) is 0 Å². The lowest BCUT2D eigenvalue weighted by molar-refractivity contribution is 0.185. The first-order valence-electron chi connectivity index (χ1n) is 2.91. The van der Waals surface area contributed by atoms with Gasteiger partial charge in [-0.15, -0.1) is 0 Å². The van der Waals surface area contributed by atoms with Crippen molar-refractivity contribution in [1.29, 1.82) is 0 Å². The van der Waals surface area contributed by atoms with E-state index < -0.39 is 0 Å². The Balaban J connectivity index is 2.72. The van der Waals surface area contributed by atoms with Gasteiger partial charge in [-0.25, -0.2) is 0 Å². The van der Waals surface area contributed by atoms with Crippen molar-refractivity contribution >= 4 is 0 Å². The average Bonchev–Trinajstić information content (AvgIpc) is 1.66. The third-order valence-electron chi connectivity index (χ3n) is 0.699. The molecule has 1 atom stereocenters. The summed E-state index contributed by atoms with van der Waals surface area (Å²) in [5, 5.41) is 8.68. The van der Waals surface area contributed by atoms with Gasteiger partial charge in [-0.3, -0.25) is 10.9 Å². The minimum atomic E-state index is -0.269. The van der Waals surface area contributed by atoms with Crippen LogP contribution < -0.4 is 10.9 Å². The van der Waals surface area contributed by atoms with Crippen molar-refractivity contribution in [1.82, 2.24) is 10.9 Å². The van der Waals surface area contributed by atoms with Crippen molar-refractivity contribution in [3.8, 4) is 0 Å². The molecule has 0 aliphatic heterocycles. The molecule has 3 nitrogen and oxygen atoms in total. The molecule has 0 radical (unpaired) electrons. The maximum absolute atomic E-state index is 8.68. The average molecular weight is 118 g/mol. The summed E-state index contributed by atoms with van der Waals surface area (Å²) in [4.78, 5) is 0. The second-order valence-corrected chi connectivity index (χ2v) is 1.76. The van der Waals surface area contributed by atoms with E-state index in [1.165, 1.54) is 0 Å². The number of hydrazine groups is 1. The molecule has 0 saturated carbocycles. The lowest BCUT2D eigenvalue weighted by atomic mass is 10.4. The van der Waals surface area contributed by atoms with Crippen molar-refractivity contribution in [3.63, 3.8) is 0 Å². The quantitative estimate of drug-likeness (QED) is 0.344. The molecule has 0 aromatic rings. The number of rotatable bonds is 4. The Kier molecular flexibility index (Phi) is 4.95. The zero-order chi connectivity index (χ0) is 6.41. The fraction of sp³-hybridized carbons (Fsp3) is 1.00. The van der Waals surface area contributed by atoms with Gasteiger partial charge in [0.05, 0.1) is 6.10 Å². The van der Waals surface area contributed by atoms with Gasteiger partial charge >= 0.3 is 0 Å². The Morgan fingerprint density at radius 2 is 2.12 bits per heavy atom. The van der Waals surface area contributed by atoms with E-state index in [0.29, 0.717) is 6.54 Å². The van der Waals surface area contributed by atoms with Crippen molar-refractivity contribution in [3.05, 3.63) is 0 Å². The predicted octanol–water partition coefficient (Wildman–Crippen LogP) is -0.519. The Labute approximate surface area is 50.1 Å². The largest absolute Gasteiger partial charge is 0.392 e. The molecule has 50 valence electrons. The van der Waals surface area contributed by atoms with E-state index >= 15 is 0 Å².